The SMILES string of the molecule is CCC(C)Oc1cc(C(=O)O)c(C)cc1C(N)=O. The Morgan fingerprint density at radius 2 is 2.00 bits per heavy atom. The molecule has 0 saturated carbocycles. The van der Waals surface area contributed by atoms with E-state index in [1.54, 1.807) is 6.92 Å². The van der Waals surface area contributed by atoms with Gasteiger partial charge in [-0.15, -0.1) is 0 Å². The first-order chi connectivity index (χ1) is 8.36. The molecule has 0 aliphatic carbocycles. The summed E-state index contributed by atoms with van der Waals surface area (Å²) in [7, 11) is 0. The second-order valence-corrected chi connectivity index (χ2v) is 4.17. The highest BCUT2D eigenvalue weighted by Crippen LogP contribution is 2.25. The highest BCUT2D eigenvalue weighted by atomic mass is 16.5. The molecule has 0 saturated heterocycles. The van der Waals surface area contributed by atoms with Crippen LogP contribution < -0.4 is 10.5 Å². The van der Waals surface area contributed by atoms with Crippen LogP contribution in [0.4, 0.5) is 0 Å². The van der Waals surface area contributed by atoms with Gasteiger partial charge in [0.15, 0.2) is 0 Å². The molecule has 0 bridgehead atoms. The third-order valence-corrected chi connectivity index (χ3v) is 2.73. The number of hydrogen-bond donors (Lipinski definition) is 2. The maximum absolute atomic E-state index is 11.3. The number of carboxylic acid groups (broad SMARTS) is 1. The lowest BCUT2D eigenvalue weighted by molar-refractivity contribution is 0.0694. The largest absolute Gasteiger partial charge is 0.490 e. The van der Waals surface area contributed by atoms with E-state index in [-0.39, 0.29) is 23.0 Å². The third kappa shape index (κ3) is 3.00. The number of aryl methyl sites for hydroxylation is 1. The molecule has 0 radical (unpaired) electrons. The summed E-state index contributed by atoms with van der Waals surface area (Å²) in [6, 6.07) is 2.80. The summed E-state index contributed by atoms with van der Waals surface area (Å²) in [5, 5.41) is 9.04. The number of rotatable bonds is 5. The molecule has 3 N–H and O–H groups in total. The smallest absolute Gasteiger partial charge is 0.336 e. The van der Waals surface area contributed by atoms with Crippen molar-refractivity contribution in [2.24, 2.45) is 5.73 Å². The lowest BCUT2D eigenvalue weighted by Gasteiger charge is -2.16. The molecule has 0 heterocycles. The zero-order valence-corrected chi connectivity index (χ0v) is 10.7. The van der Waals surface area contributed by atoms with Gasteiger partial charge in [-0.2, -0.15) is 0 Å². The maximum atomic E-state index is 11.3. The standard InChI is InChI=1S/C13H17NO4/c1-4-8(3)18-11-6-9(13(16)17)7(2)5-10(11)12(14)15/h5-6,8H,4H2,1-3H3,(H2,14,15)(H,16,17). The molecule has 1 rings (SSSR count). The van der Waals surface area contributed by atoms with Crippen LogP contribution in [0.5, 0.6) is 5.75 Å². The van der Waals surface area contributed by atoms with Crippen LogP contribution in [-0.2, 0) is 0 Å². The van der Waals surface area contributed by atoms with Gasteiger partial charge in [0, 0.05) is 0 Å². The third-order valence-electron chi connectivity index (χ3n) is 2.73. The molecule has 5 heteroatoms. The molecule has 0 aliphatic rings. The van der Waals surface area contributed by atoms with Crippen molar-refractivity contribution in [2.45, 2.75) is 33.3 Å². The van der Waals surface area contributed by atoms with Crippen molar-refractivity contribution in [3.63, 3.8) is 0 Å². The van der Waals surface area contributed by atoms with E-state index in [0.717, 1.165) is 6.42 Å². The topological polar surface area (TPSA) is 89.6 Å². The number of carbonyl (C=O) groups excluding carboxylic acids is 1. The fraction of sp³-hybridized carbons (Fsp3) is 0.385. The molecule has 18 heavy (non-hydrogen) atoms. The summed E-state index contributed by atoms with van der Waals surface area (Å²) in [5.41, 5.74) is 6.06. The van der Waals surface area contributed by atoms with Crippen molar-refractivity contribution in [1.82, 2.24) is 0 Å². The van der Waals surface area contributed by atoms with E-state index in [9.17, 15) is 9.59 Å². The predicted molar refractivity (Wildman–Crippen MR) is 67.0 cm³/mol. The van der Waals surface area contributed by atoms with Crippen LogP contribution in [0.3, 0.4) is 0 Å². The quantitative estimate of drug-likeness (QED) is 0.837. The van der Waals surface area contributed by atoms with Gasteiger partial charge in [0.25, 0.3) is 5.91 Å². The van der Waals surface area contributed by atoms with Crippen LogP contribution in [0.25, 0.3) is 0 Å². The Kier molecular flexibility index (Phi) is 4.31. The zero-order chi connectivity index (χ0) is 13.9. The normalized spacial score (nSPS) is 11.9. The van der Waals surface area contributed by atoms with Gasteiger partial charge in [-0.25, -0.2) is 4.79 Å². The Balaban J connectivity index is 3.30. The molecule has 98 valence electrons. The Morgan fingerprint density at radius 3 is 2.44 bits per heavy atom. The molecule has 0 aromatic heterocycles. The van der Waals surface area contributed by atoms with Crippen molar-refractivity contribution in [3.05, 3.63) is 28.8 Å². The van der Waals surface area contributed by atoms with Crippen LogP contribution in [-0.4, -0.2) is 23.1 Å². The van der Waals surface area contributed by atoms with Crippen LogP contribution in [0.1, 0.15) is 46.5 Å². The minimum absolute atomic E-state index is 0.110. The van der Waals surface area contributed by atoms with E-state index in [1.165, 1.54) is 12.1 Å². The zero-order valence-electron chi connectivity index (χ0n) is 10.7. The highest BCUT2D eigenvalue weighted by molar-refractivity contribution is 5.98. The van der Waals surface area contributed by atoms with Gasteiger partial charge in [0.1, 0.15) is 5.75 Å². The Bertz CT molecular complexity index is 482. The van der Waals surface area contributed by atoms with E-state index in [1.807, 2.05) is 13.8 Å². The fourth-order valence-electron chi connectivity index (χ4n) is 1.51. The Hall–Kier alpha value is -2.04. The van der Waals surface area contributed by atoms with Crippen molar-refractivity contribution < 1.29 is 19.4 Å². The second kappa shape index (κ2) is 5.53. The first-order valence-corrected chi connectivity index (χ1v) is 5.71. The monoisotopic (exact) mass is 251 g/mol. The number of carboxylic acids is 1. The minimum atomic E-state index is -1.06. The van der Waals surface area contributed by atoms with E-state index in [0.29, 0.717) is 5.56 Å². The summed E-state index contributed by atoms with van der Waals surface area (Å²) < 4.78 is 5.54. The van der Waals surface area contributed by atoms with Crippen LogP contribution >= 0.6 is 0 Å². The molecule has 1 aromatic carbocycles. The molecule has 0 aliphatic heterocycles. The molecule has 1 amide bonds. The summed E-state index contributed by atoms with van der Waals surface area (Å²) in [6.07, 6.45) is 0.626. The summed E-state index contributed by atoms with van der Waals surface area (Å²) in [5.74, 6) is -1.47. The number of benzene rings is 1. The number of aromatic carboxylic acids is 1. The molecular formula is C13H17NO4. The maximum Gasteiger partial charge on any atom is 0.336 e. The number of primary amides is 1. The summed E-state index contributed by atoms with van der Waals surface area (Å²) >= 11 is 0. The lowest BCUT2D eigenvalue weighted by Crippen LogP contribution is -2.18. The molecular weight excluding hydrogens is 234 g/mol. The lowest BCUT2D eigenvalue weighted by atomic mass is 10.0. The van der Waals surface area contributed by atoms with Crippen LogP contribution in [0, 0.1) is 6.92 Å². The Labute approximate surface area is 106 Å². The van der Waals surface area contributed by atoms with E-state index in [2.05, 4.69) is 0 Å². The van der Waals surface area contributed by atoms with E-state index >= 15 is 0 Å². The van der Waals surface area contributed by atoms with Crippen molar-refractivity contribution >= 4 is 11.9 Å². The second-order valence-electron chi connectivity index (χ2n) is 4.17. The average Bonchev–Trinajstić information content (AvgIpc) is 2.29. The van der Waals surface area contributed by atoms with Gasteiger partial charge in [0.05, 0.1) is 17.2 Å². The number of amides is 1. The predicted octanol–water partition coefficient (Wildman–Crippen LogP) is 1.97. The fourth-order valence-corrected chi connectivity index (χ4v) is 1.51. The molecule has 5 nitrogen and oxygen atoms in total. The van der Waals surface area contributed by atoms with Gasteiger partial charge < -0.3 is 15.6 Å². The summed E-state index contributed by atoms with van der Waals surface area (Å²) in [4.78, 5) is 22.4. The Morgan fingerprint density at radius 1 is 1.39 bits per heavy atom. The van der Waals surface area contributed by atoms with E-state index < -0.39 is 11.9 Å². The number of ether oxygens (including phenoxy) is 1. The van der Waals surface area contributed by atoms with Gasteiger partial charge in [-0.3, -0.25) is 4.79 Å². The molecule has 0 spiro atoms. The molecule has 1 unspecified atom stereocenters. The molecule has 1 atom stereocenters. The van der Waals surface area contributed by atoms with Crippen molar-refractivity contribution in [1.29, 1.82) is 0 Å². The van der Waals surface area contributed by atoms with Gasteiger partial charge >= 0.3 is 5.97 Å². The number of carbonyl (C=O) groups is 2. The highest BCUT2D eigenvalue weighted by Gasteiger charge is 2.17. The molecule has 0 fully saturated rings. The average molecular weight is 251 g/mol. The van der Waals surface area contributed by atoms with Crippen molar-refractivity contribution in [3.8, 4) is 5.75 Å². The van der Waals surface area contributed by atoms with Crippen LogP contribution in [0.2, 0.25) is 0 Å². The minimum Gasteiger partial charge on any atom is -0.490 e. The van der Waals surface area contributed by atoms with Gasteiger partial charge in [-0.05, 0) is 38.0 Å². The summed E-state index contributed by atoms with van der Waals surface area (Å²) in [6.45, 7) is 5.38. The van der Waals surface area contributed by atoms with Crippen molar-refractivity contribution in [2.75, 3.05) is 0 Å². The molecule has 1 aromatic rings. The first kappa shape index (κ1) is 14.0. The number of hydrogen-bond acceptors (Lipinski definition) is 3. The van der Waals surface area contributed by atoms with Crippen LogP contribution in [0.15, 0.2) is 12.1 Å². The van der Waals surface area contributed by atoms with E-state index in [4.69, 9.17) is 15.6 Å². The first-order valence-electron chi connectivity index (χ1n) is 5.71. The van der Waals surface area contributed by atoms with Gasteiger partial charge in [0.2, 0.25) is 0 Å². The number of nitrogens with two attached hydrogens (primary N) is 1. The van der Waals surface area contributed by atoms with Gasteiger partial charge in [-0.1, -0.05) is 6.92 Å².